The Labute approximate surface area is 107 Å². The second-order valence-corrected chi connectivity index (χ2v) is 6.49. The minimum atomic E-state index is -3.77. The summed E-state index contributed by atoms with van der Waals surface area (Å²) < 4.78 is 25.1. The smallest absolute Gasteiger partial charge is 0.337 e. The Morgan fingerprint density at radius 1 is 1.41 bits per heavy atom. The number of hydrogen-bond donors (Lipinski definition) is 2. The summed E-state index contributed by atoms with van der Waals surface area (Å²) in [5.41, 5.74) is 5.05. The molecular weight excluding hydrogens is 312 g/mol. The van der Waals surface area contributed by atoms with Gasteiger partial charge in [-0.25, -0.2) is 17.5 Å². The molecule has 94 valence electrons. The highest BCUT2D eigenvalue weighted by Gasteiger charge is 2.24. The van der Waals surface area contributed by atoms with E-state index in [4.69, 9.17) is 10.8 Å². The summed E-state index contributed by atoms with van der Waals surface area (Å²) >= 11 is 3.06. The second-order valence-electron chi connectivity index (χ2n) is 3.46. The number of nitrogens with zero attached hydrogens (tertiary/aromatic N) is 1. The van der Waals surface area contributed by atoms with Gasteiger partial charge >= 0.3 is 5.97 Å². The third kappa shape index (κ3) is 2.59. The molecule has 3 N–H and O–H groups in total. The van der Waals surface area contributed by atoms with Crippen LogP contribution in [0.3, 0.4) is 0 Å². The normalized spacial score (nSPS) is 11.8. The van der Waals surface area contributed by atoms with Crippen molar-refractivity contribution < 1.29 is 18.3 Å². The lowest BCUT2D eigenvalue weighted by molar-refractivity contribution is 0.0697. The van der Waals surface area contributed by atoms with Crippen molar-refractivity contribution in [2.75, 3.05) is 19.8 Å². The molecule has 0 saturated carbocycles. The minimum absolute atomic E-state index is 0.228. The summed E-state index contributed by atoms with van der Waals surface area (Å²) in [5.74, 6) is -1.28. The molecule has 0 fully saturated rings. The fraction of sp³-hybridized carbons (Fsp3) is 0.222. The highest BCUT2D eigenvalue weighted by Crippen LogP contribution is 2.28. The Hall–Kier alpha value is -1.12. The Kier molecular flexibility index (Phi) is 3.80. The molecule has 0 spiro atoms. The van der Waals surface area contributed by atoms with Crippen molar-refractivity contribution >= 4 is 37.6 Å². The van der Waals surface area contributed by atoms with Crippen LogP contribution in [-0.4, -0.2) is 37.9 Å². The number of carbonyl (C=O) groups is 1. The largest absolute Gasteiger partial charge is 0.478 e. The van der Waals surface area contributed by atoms with E-state index >= 15 is 0 Å². The monoisotopic (exact) mass is 322 g/mol. The van der Waals surface area contributed by atoms with E-state index in [0.717, 1.165) is 4.31 Å². The summed E-state index contributed by atoms with van der Waals surface area (Å²) in [7, 11) is -1.08. The van der Waals surface area contributed by atoms with Gasteiger partial charge in [0.2, 0.25) is 10.0 Å². The molecule has 8 heteroatoms. The molecule has 0 aliphatic rings. The number of anilines is 1. The molecule has 0 bridgehead atoms. The molecule has 0 unspecified atom stereocenters. The van der Waals surface area contributed by atoms with E-state index in [-0.39, 0.29) is 16.1 Å². The number of carboxylic acid groups (broad SMARTS) is 1. The molecule has 0 atom stereocenters. The first-order valence-electron chi connectivity index (χ1n) is 4.42. The van der Waals surface area contributed by atoms with Crippen molar-refractivity contribution in [3.63, 3.8) is 0 Å². The van der Waals surface area contributed by atoms with Gasteiger partial charge in [0.05, 0.1) is 11.3 Å². The lowest BCUT2D eigenvalue weighted by Crippen LogP contribution is -2.24. The van der Waals surface area contributed by atoms with Gasteiger partial charge in [-0.05, 0) is 12.1 Å². The van der Waals surface area contributed by atoms with Crippen molar-refractivity contribution in [1.29, 1.82) is 0 Å². The molecule has 0 amide bonds. The Balaban J connectivity index is 3.62. The van der Waals surface area contributed by atoms with E-state index in [9.17, 15) is 13.2 Å². The predicted molar refractivity (Wildman–Crippen MR) is 66.4 cm³/mol. The Morgan fingerprint density at radius 2 is 1.94 bits per heavy atom. The van der Waals surface area contributed by atoms with Crippen LogP contribution in [0.2, 0.25) is 0 Å². The molecular formula is C9H11BrN2O4S. The van der Waals surface area contributed by atoms with E-state index in [0.29, 0.717) is 4.47 Å². The maximum absolute atomic E-state index is 11.9. The summed E-state index contributed by atoms with van der Waals surface area (Å²) in [6.45, 7) is 0. The average Bonchev–Trinajstić information content (AvgIpc) is 2.20. The zero-order chi connectivity index (χ0) is 13.4. The molecule has 0 aromatic heterocycles. The van der Waals surface area contributed by atoms with Crippen molar-refractivity contribution in [2.45, 2.75) is 4.90 Å². The average molecular weight is 323 g/mol. The van der Waals surface area contributed by atoms with Crippen LogP contribution in [0.4, 0.5) is 5.69 Å². The van der Waals surface area contributed by atoms with Crippen molar-refractivity contribution in [2.24, 2.45) is 0 Å². The highest BCUT2D eigenvalue weighted by molar-refractivity contribution is 9.10. The Morgan fingerprint density at radius 3 is 2.35 bits per heavy atom. The molecule has 1 aromatic carbocycles. The zero-order valence-electron chi connectivity index (χ0n) is 9.14. The molecule has 1 aromatic rings. The maximum Gasteiger partial charge on any atom is 0.337 e. The summed E-state index contributed by atoms with van der Waals surface area (Å²) in [4.78, 5) is 10.7. The van der Waals surface area contributed by atoms with Crippen LogP contribution in [0.15, 0.2) is 21.5 Å². The van der Waals surface area contributed by atoms with E-state index < -0.39 is 16.0 Å². The third-order valence-electron chi connectivity index (χ3n) is 2.10. The number of nitrogen functional groups attached to an aromatic ring is 1. The summed E-state index contributed by atoms with van der Waals surface area (Å²) in [6, 6.07) is 2.53. The summed E-state index contributed by atoms with van der Waals surface area (Å²) in [6.07, 6.45) is 0. The van der Waals surface area contributed by atoms with Crippen LogP contribution < -0.4 is 5.73 Å². The number of rotatable bonds is 3. The quantitative estimate of drug-likeness (QED) is 0.808. The van der Waals surface area contributed by atoms with Crippen molar-refractivity contribution in [3.8, 4) is 0 Å². The van der Waals surface area contributed by atoms with Crippen molar-refractivity contribution in [1.82, 2.24) is 4.31 Å². The first-order chi connectivity index (χ1) is 7.67. The van der Waals surface area contributed by atoms with Gasteiger partial charge in [0.25, 0.3) is 0 Å². The molecule has 1 rings (SSSR count). The lowest BCUT2D eigenvalue weighted by atomic mass is 10.2. The SMILES string of the molecule is CN(C)S(=O)(=O)c1cc(Br)cc(C(=O)O)c1N. The molecule has 0 aliphatic heterocycles. The van der Waals surface area contributed by atoms with Crippen molar-refractivity contribution in [3.05, 3.63) is 22.2 Å². The van der Waals surface area contributed by atoms with E-state index in [1.54, 1.807) is 0 Å². The molecule has 6 nitrogen and oxygen atoms in total. The second kappa shape index (κ2) is 4.63. The van der Waals surface area contributed by atoms with Crippen LogP contribution in [-0.2, 0) is 10.0 Å². The van der Waals surface area contributed by atoms with Gasteiger partial charge in [0.1, 0.15) is 4.90 Å². The third-order valence-corrected chi connectivity index (χ3v) is 4.41. The Bertz CT molecular complexity index is 569. The topological polar surface area (TPSA) is 101 Å². The van der Waals surface area contributed by atoms with E-state index in [1.165, 1.54) is 26.2 Å². The van der Waals surface area contributed by atoms with E-state index in [1.807, 2.05) is 0 Å². The van der Waals surface area contributed by atoms with Gasteiger partial charge in [0.15, 0.2) is 0 Å². The van der Waals surface area contributed by atoms with Crippen LogP contribution >= 0.6 is 15.9 Å². The lowest BCUT2D eigenvalue weighted by Gasteiger charge is -2.15. The molecule has 0 aliphatic carbocycles. The van der Waals surface area contributed by atoms with E-state index in [2.05, 4.69) is 15.9 Å². The van der Waals surface area contributed by atoms with Gasteiger partial charge < -0.3 is 10.8 Å². The maximum atomic E-state index is 11.9. The van der Waals surface area contributed by atoms with Gasteiger partial charge in [-0.1, -0.05) is 15.9 Å². The standard InChI is InChI=1S/C9H11BrN2O4S/c1-12(2)17(15,16)7-4-5(10)3-6(8(7)11)9(13)14/h3-4H,11H2,1-2H3,(H,13,14). The molecule has 0 radical (unpaired) electrons. The zero-order valence-corrected chi connectivity index (χ0v) is 11.5. The number of nitrogens with two attached hydrogens (primary N) is 1. The van der Waals surface area contributed by atoms with Crippen LogP contribution in [0.1, 0.15) is 10.4 Å². The fourth-order valence-electron chi connectivity index (χ4n) is 1.18. The first-order valence-corrected chi connectivity index (χ1v) is 6.66. The predicted octanol–water partition coefficient (Wildman–Crippen LogP) is 0.980. The number of halogens is 1. The molecule has 17 heavy (non-hydrogen) atoms. The fourth-order valence-corrected chi connectivity index (χ4v) is 2.85. The highest BCUT2D eigenvalue weighted by atomic mass is 79.9. The summed E-state index contributed by atoms with van der Waals surface area (Å²) in [5, 5.41) is 8.91. The van der Waals surface area contributed by atoms with Crippen LogP contribution in [0.5, 0.6) is 0 Å². The molecule has 0 saturated heterocycles. The number of carboxylic acids is 1. The minimum Gasteiger partial charge on any atom is -0.478 e. The van der Waals surface area contributed by atoms with Gasteiger partial charge in [-0.3, -0.25) is 0 Å². The first kappa shape index (κ1) is 13.9. The number of aromatic carboxylic acids is 1. The van der Waals surface area contributed by atoms with Crippen LogP contribution in [0.25, 0.3) is 0 Å². The number of benzene rings is 1. The number of sulfonamides is 1. The van der Waals surface area contributed by atoms with Crippen LogP contribution in [0, 0.1) is 0 Å². The number of hydrogen-bond acceptors (Lipinski definition) is 4. The molecule has 0 heterocycles. The van der Waals surface area contributed by atoms with Gasteiger partial charge in [-0.2, -0.15) is 0 Å². The van der Waals surface area contributed by atoms with Gasteiger partial charge in [0, 0.05) is 18.6 Å². The van der Waals surface area contributed by atoms with Gasteiger partial charge in [-0.15, -0.1) is 0 Å².